The number of ether oxygens (including phenoxy) is 3. The minimum atomic E-state index is -0.959. The second-order valence-corrected chi connectivity index (χ2v) is 7.80. The summed E-state index contributed by atoms with van der Waals surface area (Å²) >= 11 is 0. The number of rotatable bonds is 15. The van der Waals surface area contributed by atoms with Crippen molar-refractivity contribution >= 4 is 7.32 Å². The van der Waals surface area contributed by atoms with E-state index >= 15 is 0 Å². The van der Waals surface area contributed by atoms with Crippen LogP contribution in [0.3, 0.4) is 0 Å². The van der Waals surface area contributed by atoms with Gasteiger partial charge < -0.3 is 28.2 Å². The minimum absolute atomic E-state index is 0.652. The van der Waals surface area contributed by atoms with Crippen molar-refractivity contribution in [3.05, 3.63) is 89.5 Å². The van der Waals surface area contributed by atoms with Crippen LogP contribution in [0.25, 0.3) is 0 Å². The van der Waals surface area contributed by atoms with Crippen molar-refractivity contribution in [3.63, 3.8) is 0 Å². The second-order valence-electron chi connectivity index (χ2n) is 7.80. The van der Waals surface area contributed by atoms with E-state index in [4.69, 9.17) is 28.2 Å². The number of hydrogen-bond acceptors (Lipinski definition) is 6. The minimum Gasteiger partial charge on any atom is -0.490 e. The molecule has 0 spiro atoms. The van der Waals surface area contributed by atoms with Crippen LogP contribution in [0.4, 0.5) is 0 Å². The molecule has 0 N–H and O–H groups in total. The van der Waals surface area contributed by atoms with Gasteiger partial charge in [0, 0.05) is 21.3 Å². The summed E-state index contributed by atoms with van der Waals surface area (Å²) in [5.41, 5.74) is 3.52. The average Bonchev–Trinajstić information content (AvgIpc) is 2.87. The molecule has 6 nitrogen and oxygen atoms in total. The van der Waals surface area contributed by atoms with Crippen LogP contribution < -0.4 is 14.0 Å². The van der Waals surface area contributed by atoms with Crippen LogP contribution in [0.5, 0.6) is 17.2 Å². The molecule has 0 unspecified atom stereocenters. The predicted molar refractivity (Wildman–Crippen MR) is 134 cm³/mol. The zero-order chi connectivity index (χ0) is 24.0. The molecule has 0 saturated heterocycles. The molecule has 0 bridgehead atoms. The smallest absolute Gasteiger partial charge is 0.490 e. The first-order chi connectivity index (χ1) is 16.7. The molecule has 3 aromatic rings. The molecule has 180 valence electrons. The highest BCUT2D eigenvalue weighted by Gasteiger charge is 2.30. The Morgan fingerprint density at radius 1 is 0.441 bits per heavy atom. The van der Waals surface area contributed by atoms with E-state index in [0.717, 1.165) is 19.3 Å². The van der Waals surface area contributed by atoms with Crippen LogP contribution in [-0.4, -0.2) is 48.5 Å². The zero-order valence-corrected chi connectivity index (χ0v) is 20.2. The summed E-state index contributed by atoms with van der Waals surface area (Å²) in [4.78, 5) is 0. The van der Waals surface area contributed by atoms with E-state index in [1.54, 1.807) is 21.3 Å². The van der Waals surface area contributed by atoms with Crippen molar-refractivity contribution in [2.75, 3.05) is 41.2 Å². The van der Waals surface area contributed by atoms with Gasteiger partial charge in [0.25, 0.3) is 0 Å². The molecule has 0 radical (unpaired) electrons. The molecular weight excluding hydrogens is 431 g/mol. The van der Waals surface area contributed by atoms with Gasteiger partial charge in [-0.05, 0) is 72.4 Å². The van der Waals surface area contributed by atoms with E-state index in [2.05, 4.69) is 0 Å². The molecule has 3 aromatic carbocycles. The average molecular weight is 464 g/mol. The van der Waals surface area contributed by atoms with Gasteiger partial charge >= 0.3 is 7.32 Å². The number of methoxy groups -OCH3 is 3. The van der Waals surface area contributed by atoms with Crippen molar-refractivity contribution in [1.29, 1.82) is 0 Å². The van der Waals surface area contributed by atoms with Gasteiger partial charge in [0.1, 0.15) is 17.2 Å². The normalized spacial score (nSPS) is 10.7. The van der Waals surface area contributed by atoms with E-state index < -0.39 is 7.32 Å². The van der Waals surface area contributed by atoms with Crippen LogP contribution in [0.1, 0.15) is 16.7 Å². The Morgan fingerprint density at radius 3 is 0.941 bits per heavy atom. The number of benzene rings is 3. The molecule has 0 aliphatic carbocycles. The monoisotopic (exact) mass is 464 g/mol. The molecule has 0 atom stereocenters. The van der Waals surface area contributed by atoms with E-state index in [0.29, 0.717) is 37.1 Å². The fourth-order valence-corrected chi connectivity index (χ4v) is 3.27. The molecule has 0 aromatic heterocycles. The second kappa shape index (κ2) is 14.3. The summed E-state index contributed by atoms with van der Waals surface area (Å²) in [6, 6.07) is 23.5. The first-order valence-electron chi connectivity index (χ1n) is 11.4. The Bertz CT molecular complexity index is 817. The standard InChI is InChI=1S/C27H33BO6/c1-29-19-16-22-4-10-25(11-5-22)32-28(33-26-12-6-23(7-13-26)17-20-30-2)34-27-14-8-24(9-15-27)18-21-31-3/h4-15H,16-21H2,1-3H3. The fourth-order valence-electron chi connectivity index (χ4n) is 3.27. The van der Waals surface area contributed by atoms with Gasteiger partial charge in [-0.3, -0.25) is 0 Å². The van der Waals surface area contributed by atoms with Gasteiger partial charge in [0.15, 0.2) is 0 Å². The summed E-state index contributed by atoms with van der Waals surface area (Å²) in [6.07, 6.45) is 2.54. The Morgan fingerprint density at radius 2 is 0.706 bits per heavy atom. The van der Waals surface area contributed by atoms with Crippen molar-refractivity contribution in [3.8, 4) is 17.2 Å². The first kappa shape index (κ1) is 25.6. The van der Waals surface area contributed by atoms with Gasteiger partial charge in [-0.25, -0.2) is 0 Å². The maximum absolute atomic E-state index is 6.06. The molecular formula is C27H33BO6. The molecule has 0 aliphatic heterocycles. The van der Waals surface area contributed by atoms with E-state index in [1.165, 1.54) is 16.7 Å². The van der Waals surface area contributed by atoms with Crippen LogP contribution in [0, 0.1) is 0 Å². The summed E-state index contributed by atoms with van der Waals surface area (Å²) in [6.45, 7) is 2.03. The molecule has 0 saturated carbocycles. The Labute approximate surface area is 202 Å². The largest absolute Gasteiger partial charge is 0.864 e. The van der Waals surface area contributed by atoms with Crippen molar-refractivity contribution in [2.24, 2.45) is 0 Å². The Balaban J connectivity index is 1.69. The van der Waals surface area contributed by atoms with Gasteiger partial charge in [0.2, 0.25) is 0 Å². The molecule has 0 fully saturated rings. The van der Waals surface area contributed by atoms with E-state index in [-0.39, 0.29) is 0 Å². The third kappa shape index (κ3) is 8.74. The van der Waals surface area contributed by atoms with Crippen LogP contribution in [0.2, 0.25) is 0 Å². The summed E-state index contributed by atoms with van der Waals surface area (Å²) in [5.74, 6) is 1.96. The maximum Gasteiger partial charge on any atom is 0.864 e. The highest BCUT2D eigenvalue weighted by molar-refractivity contribution is 6.39. The van der Waals surface area contributed by atoms with Crippen LogP contribution in [-0.2, 0) is 33.5 Å². The third-order valence-electron chi connectivity index (χ3n) is 5.25. The van der Waals surface area contributed by atoms with Gasteiger partial charge in [-0.2, -0.15) is 0 Å². The van der Waals surface area contributed by atoms with Gasteiger partial charge in [-0.1, -0.05) is 36.4 Å². The van der Waals surface area contributed by atoms with Crippen molar-refractivity contribution < 1.29 is 28.2 Å². The van der Waals surface area contributed by atoms with E-state index in [9.17, 15) is 0 Å². The highest BCUT2D eigenvalue weighted by atomic mass is 16.7. The SMILES string of the molecule is COCCc1ccc(OB(Oc2ccc(CCOC)cc2)Oc2ccc(CCOC)cc2)cc1. The Kier molecular flexibility index (Phi) is 10.8. The lowest BCUT2D eigenvalue weighted by atomic mass is 10.1. The first-order valence-corrected chi connectivity index (χ1v) is 11.4. The summed E-state index contributed by atoms with van der Waals surface area (Å²) < 4.78 is 33.6. The van der Waals surface area contributed by atoms with Crippen molar-refractivity contribution in [1.82, 2.24) is 0 Å². The molecule has 3 rings (SSSR count). The highest BCUT2D eigenvalue weighted by Crippen LogP contribution is 2.20. The lowest BCUT2D eigenvalue weighted by Crippen LogP contribution is -2.37. The van der Waals surface area contributed by atoms with Crippen LogP contribution >= 0.6 is 0 Å². The molecule has 0 heterocycles. The van der Waals surface area contributed by atoms with E-state index in [1.807, 2.05) is 72.8 Å². The lowest BCUT2D eigenvalue weighted by Gasteiger charge is -2.17. The lowest BCUT2D eigenvalue weighted by molar-refractivity contribution is 0.202. The quantitative estimate of drug-likeness (QED) is 0.302. The van der Waals surface area contributed by atoms with Crippen molar-refractivity contribution in [2.45, 2.75) is 19.3 Å². The fraction of sp³-hybridized carbons (Fsp3) is 0.333. The molecule has 7 heteroatoms. The number of hydrogen-bond donors (Lipinski definition) is 0. The van der Waals surface area contributed by atoms with Gasteiger partial charge in [-0.15, -0.1) is 0 Å². The van der Waals surface area contributed by atoms with Crippen LogP contribution in [0.15, 0.2) is 72.8 Å². The molecule has 0 aliphatic rings. The zero-order valence-electron chi connectivity index (χ0n) is 20.2. The third-order valence-corrected chi connectivity index (χ3v) is 5.25. The molecule has 0 amide bonds. The maximum atomic E-state index is 6.06. The van der Waals surface area contributed by atoms with Gasteiger partial charge in [0.05, 0.1) is 19.8 Å². The summed E-state index contributed by atoms with van der Waals surface area (Å²) in [5, 5.41) is 0. The predicted octanol–water partition coefficient (Wildman–Crippen LogP) is 4.78. The molecule has 34 heavy (non-hydrogen) atoms. The Hall–Kier alpha value is -3.00. The summed E-state index contributed by atoms with van der Waals surface area (Å²) in [7, 11) is 4.14. The topological polar surface area (TPSA) is 55.4 Å².